The van der Waals surface area contributed by atoms with E-state index >= 15 is 0 Å². The van der Waals surface area contributed by atoms with Crippen LogP contribution in [0.25, 0.3) is 5.69 Å². The van der Waals surface area contributed by atoms with Crippen molar-refractivity contribution in [3.8, 4) is 5.69 Å². The maximum absolute atomic E-state index is 13.3. The first-order valence-corrected chi connectivity index (χ1v) is 12.8. The zero-order valence-corrected chi connectivity index (χ0v) is 21.2. The Hall–Kier alpha value is -3.04. The number of benzene rings is 1. The molecule has 6 rings (SSSR count). The highest BCUT2D eigenvalue weighted by molar-refractivity contribution is 6.30. The Kier molecular flexibility index (Phi) is 5.72. The summed E-state index contributed by atoms with van der Waals surface area (Å²) in [4.78, 5) is 23.5. The van der Waals surface area contributed by atoms with Crippen LogP contribution in [0.4, 0.5) is 10.2 Å². The molecule has 0 unspecified atom stereocenters. The number of hydrogen-bond acceptors (Lipinski definition) is 6. The Labute approximate surface area is 214 Å². The number of likely N-dealkylation sites (N-methyl/N-ethyl adjacent to an activating group) is 1. The predicted octanol–water partition coefficient (Wildman–Crippen LogP) is 3.78. The van der Waals surface area contributed by atoms with Crippen molar-refractivity contribution in [1.29, 1.82) is 0 Å². The summed E-state index contributed by atoms with van der Waals surface area (Å²) in [7, 11) is 3.64. The second-order valence-electron chi connectivity index (χ2n) is 10.3. The minimum Gasteiger partial charge on any atom is -0.357 e. The molecule has 10 heteroatoms. The van der Waals surface area contributed by atoms with Crippen molar-refractivity contribution in [3.05, 3.63) is 64.6 Å². The molecular weight excluding hydrogens is 481 g/mol. The van der Waals surface area contributed by atoms with E-state index in [1.165, 1.54) is 12.3 Å². The summed E-state index contributed by atoms with van der Waals surface area (Å²) in [6.07, 6.45) is 4.74. The van der Waals surface area contributed by atoms with Crippen molar-refractivity contribution in [2.45, 2.75) is 50.2 Å². The summed E-state index contributed by atoms with van der Waals surface area (Å²) in [6, 6.07) is 9.14. The number of fused-ring (bicyclic) bond motifs is 3. The summed E-state index contributed by atoms with van der Waals surface area (Å²) >= 11 is 6.42. The number of pyridine rings is 1. The molecule has 1 saturated heterocycles. The normalized spacial score (nSPS) is 19.4. The molecule has 0 atom stereocenters. The van der Waals surface area contributed by atoms with Crippen molar-refractivity contribution in [1.82, 2.24) is 29.5 Å². The van der Waals surface area contributed by atoms with Crippen molar-refractivity contribution >= 4 is 23.3 Å². The van der Waals surface area contributed by atoms with Crippen LogP contribution in [0.5, 0.6) is 0 Å². The lowest BCUT2D eigenvalue weighted by Crippen LogP contribution is -2.48. The third kappa shape index (κ3) is 3.94. The number of halogens is 2. The minimum atomic E-state index is -0.488. The molecule has 3 aliphatic rings. The molecule has 2 aliphatic heterocycles. The van der Waals surface area contributed by atoms with Gasteiger partial charge in [0.2, 0.25) is 5.91 Å². The summed E-state index contributed by atoms with van der Waals surface area (Å²) < 4.78 is 15.5. The first-order valence-electron chi connectivity index (χ1n) is 12.4. The molecule has 8 nitrogen and oxygen atoms in total. The lowest BCUT2D eigenvalue weighted by Gasteiger charge is -2.32. The smallest absolute Gasteiger partial charge is 0.242 e. The number of nitrogens with zero attached hydrogens (tertiary/aromatic N) is 7. The Morgan fingerprint density at radius 3 is 2.56 bits per heavy atom. The molecule has 0 radical (unpaired) electrons. The zero-order chi connectivity index (χ0) is 25.0. The Morgan fingerprint density at radius 1 is 1.11 bits per heavy atom. The van der Waals surface area contributed by atoms with E-state index in [0.29, 0.717) is 18.1 Å². The molecule has 1 amide bonds. The third-order valence-corrected chi connectivity index (χ3v) is 8.00. The SMILES string of the molecule is CN(C)C(=O)C1(N2Cc3cc(Cl)ccc3-n3c(nnc3C3CCN(c4ccc(F)cn4)CC3)C2)CC1. The molecule has 0 N–H and O–H groups in total. The summed E-state index contributed by atoms with van der Waals surface area (Å²) in [5, 5.41) is 10.0. The topological polar surface area (TPSA) is 70.4 Å². The number of rotatable bonds is 4. The van der Waals surface area contributed by atoms with Crippen LogP contribution < -0.4 is 4.90 Å². The van der Waals surface area contributed by atoms with Crippen LogP contribution in [0.3, 0.4) is 0 Å². The van der Waals surface area contributed by atoms with Crippen LogP contribution in [0, 0.1) is 5.82 Å². The van der Waals surface area contributed by atoms with E-state index < -0.39 is 5.54 Å². The molecule has 3 aromatic rings. The van der Waals surface area contributed by atoms with E-state index in [-0.39, 0.29) is 17.6 Å². The van der Waals surface area contributed by atoms with Crippen LogP contribution in [0.15, 0.2) is 36.5 Å². The lowest BCUT2D eigenvalue weighted by molar-refractivity contribution is -0.136. The minimum absolute atomic E-state index is 0.140. The Morgan fingerprint density at radius 2 is 1.89 bits per heavy atom. The van der Waals surface area contributed by atoms with Crippen LogP contribution in [0.1, 0.15) is 48.8 Å². The zero-order valence-electron chi connectivity index (χ0n) is 20.5. The largest absolute Gasteiger partial charge is 0.357 e. The fourth-order valence-electron chi connectivity index (χ4n) is 5.72. The van der Waals surface area contributed by atoms with E-state index in [1.54, 1.807) is 11.0 Å². The molecule has 1 aliphatic carbocycles. The highest BCUT2D eigenvalue weighted by Crippen LogP contribution is 2.46. The number of aromatic nitrogens is 4. The molecule has 4 heterocycles. The van der Waals surface area contributed by atoms with Crippen molar-refractivity contribution < 1.29 is 9.18 Å². The standard InChI is InChI=1S/C26H29ClFN7O/c1-32(2)25(36)26(9-10-26)34-15-18-13-19(27)3-5-21(18)35-23(16-34)30-31-24(35)17-7-11-33(12-8-17)22-6-4-20(28)14-29-22/h3-6,13-14,17H,7-12,15-16H2,1-2H3. The molecule has 188 valence electrons. The molecule has 2 fully saturated rings. The fraction of sp³-hybridized carbons (Fsp3) is 0.462. The second kappa shape index (κ2) is 8.81. The number of amides is 1. The number of anilines is 1. The average molecular weight is 510 g/mol. The Bertz CT molecular complexity index is 1300. The average Bonchev–Trinajstić information content (AvgIpc) is 3.61. The van der Waals surface area contributed by atoms with Gasteiger partial charge >= 0.3 is 0 Å². The monoisotopic (exact) mass is 509 g/mol. The van der Waals surface area contributed by atoms with Gasteiger partial charge in [0.15, 0.2) is 5.82 Å². The van der Waals surface area contributed by atoms with E-state index in [4.69, 9.17) is 11.6 Å². The fourth-order valence-corrected chi connectivity index (χ4v) is 5.91. The van der Waals surface area contributed by atoms with Gasteiger partial charge in [-0.2, -0.15) is 0 Å². The number of hydrogen-bond donors (Lipinski definition) is 0. The van der Waals surface area contributed by atoms with Crippen LogP contribution in [-0.2, 0) is 17.9 Å². The first kappa shape index (κ1) is 23.4. The van der Waals surface area contributed by atoms with E-state index in [9.17, 15) is 9.18 Å². The van der Waals surface area contributed by atoms with Gasteiger partial charge in [0.25, 0.3) is 0 Å². The van der Waals surface area contributed by atoms with Gasteiger partial charge < -0.3 is 9.80 Å². The summed E-state index contributed by atoms with van der Waals surface area (Å²) in [5.74, 6) is 2.65. The van der Waals surface area contributed by atoms with Gasteiger partial charge in [0.1, 0.15) is 23.0 Å². The van der Waals surface area contributed by atoms with E-state index in [1.807, 2.05) is 32.3 Å². The van der Waals surface area contributed by atoms with E-state index in [2.05, 4.69) is 29.5 Å². The quantitative estimate of drug-likeness (QED) is 0.533. The van der Waals surface area contributed by atoms with Crippen molar-refractivity contribution in [2.75, 3.05) is 32.1 Å². The molecule has 1 saturated carbocycles. The van der Waals surface area contributed by atoms with Gasteiger partial charge in [-0.3, -0.25) is 14.3 Å². The number of carbonyl (C=O) groups excluding carboxylic acids is 1. The summed E-state index contributed by atoms with van der Waals surface area (Å²) in [6.45, 7) is 2.81. The third-order valence-electron chi connectivity index (χ3n) is 7.76. The second-order valence-corrected chi connectivity index (χ2v) is 10.7. The van der Waals surface area contributed by atoms with Gasteiger partial charge in [0.05, 0.1) is 18.4 Å². The lowest BCUT2D eigenvalue weighted by atomic mass is 9.95. The molecule has 2 aromatic heterocycles. The number of carbonyl (C=O) groups is 1. The van der Waals surface area contributed by atoms with Gasteiger partial charge in [-0.1, -0.05) is 11.6 Å². The summed E-state index contributed by atoms with van der Waals surface area (Å²) in [5.41, 5.74) is 1.62. The van der Waals surface area contributed by atoms with Crippen LogP contribution >= 0.6 is 11.6 Å². The molecule has 36 heavy (non-hydrogen) atoms. The van der Waals surface area contributed by atoms with Gasteiger partial charge in [-0.15, -0.1) is 10.2 Å². The van der Waals surface area contributed by atoms with Gasteiger partial charge in [0, 0.05) is 44.7 Å². The first-order chi connectivity index (χ1) is 17.4. The molecule has 0 bridgehead atoms. The maximum atomic E-state index is 13.3. The highest BCUT2D eigenvalue weighted by atomic mass is 35.5. The molecule has 0 spiro atoms. The maximum Gasteiger partial charge on any atom is 0.242 e. The Balaban J connectivity index is 1.32. The van der Waals surface area contributed by atoms with Crippen LogP contribution in [-0.4, -0.2) is 68.2 Å². The van der Waals surface area contributed by atoms with Crippen LogP contribution in [0.2, 0.25) is 5.02 Å². The highest BCUT2D eigenvalue weighted by Gasteiger charge is 2.56. The van der Waals surface area contributed by atoms with Gasteiger partial charge in [-0.05, 0) is 61.6 Å². The van der Waals surface area contributed by atoms with Gasteiger partial charge in [-0.25, -0.2) is 9.37 Å². The van der Waals surface area contributed by atoms with E-state index in [0.717, 1.165) is 67.5 Å². The number of piperidine rings is 1. The van der Waals surface area contributed by atoms with Crippen molar-refractivity contribution in [3.63, 3.8) is 0 Å². The van der Waals surface area contributed by atoms with Crippen molar-refractivity contribution in [2.24, 2.45) is 0 Å². The predicted molar refractivity (Wildman–Crippen MR) is 135 cm³/mol. The molecule has 1 aromatic carbocycles. The molecular formula is C26H29ClFN7O.